The van der Waals surface area contributed by atoms with Crippen molar-refractivity contribution in [3.63, 3.8) is 0 Å². The first kappa shape index (κ1) is 14.9. The molecule has 25 heavy (non-hydrogen) atoms. The lowest BCUT2D eigenvalue weighted by Gasteiger charge is -2.22. The van der Waals surface area contributed by atoms with Gasteiger partial charge in [0.1, 0.15) is 0 Å². The number of aromatic nitrogens is 1. The van der Waals surface area contributed by atoms with E-state index in [0.29, 0.717) is 0 Å². The van der Waals surface area contributed by atoms with Crippen LogP contribution in [0.25, 0.3) is 10.9 Å². The largest absolute Gasteiger partial charge is 0.380 e. The van der Waals surface area contributed by atoms with Crippen LogP contribution in [0.2, 0.25) is 0 Å². The Labute approximate surface area is 149 Å². The van der Waals surface area contributed by atoms with Crippen LogP contribution in [-0.4, -0.2) is 4.98 Å². The van der Waals surface area contributed by atoms with Crippen LogP contribution in [0, 0.1) is 0 Å². The summed E-state index contributed by atoms with van der Waals surface area (Å²) in [5.41, 5.74) is 8.09. The van der Waals surface area contributed by atoms with Crippen LogP contribution in [0.1, 0.15) is 54.0 Å². The van der Waals surface area contributed by atoms with Crippen molar-refractivity contribution < 1.29 is 0 Å². The number of hydrogen-bond donors (Lipinski definition) is 1. The van der Waals surface area contributed by atoms with Crippen molar-refractivity contribution in [2.45, 2.75) is 51.0 Å². The van der Waals surface area contributed by atoms with Crippen molar-refractivity contribution in [1.29, 1.82) is 0 Å². The second kappa shape index (κ2) is 6.18. The van der Waals surface area contributed by atoms with Gasteiger partial charge in [-0.1, -0.05) is 36.4 Å². The monoisotopic (exact) mass is 328 g/mol. The number of nitrogens with zero attached hydrogens (tertiary/aromatic N) is 1. The molecule has 2 nitrogen and oxygen atoms in total. The average molecular weight is 328 g/mol. The number of benzene rings is 2. The van der Waals surface area contributed by atoms with Crippen LogP contribution in [-0.2, 0) is 19.4 Å². The summed E-state index contributed by atoms with van der Waals surface area (Å²) in [4.78, 5) is 5.01. The molecular weight excluding hydrogens is 304 g/mol. The lowest BCUT2D eigenvalue weighted by molar-refractivity contribution is 0.672. The average Bonchev–Trinajstić information content (AvgIpc) is 3.51. The van der Waals surface area contributed by atoms with Gasteiger partial charge in [-0.15, -0.1) is 0 Å². The van der Waals surface area contributed by atoms with Crippen LogP contribution in [0.4, 0.5) is 5.69 Å². The zero-order valence-electron chi connectivity index (χ0n) is 14.6. The molecule has 0 amide bonds. The highest BCUT2D eigenvalue weighted by molar-refractivity contribution is 5.94. The van der Waals surface area contributed by atoms with E-state index in [0.717, 1.165) is 30.8 Å². The smallest absolute Gasteiger partial charge is 0.0726 e. The van der Waals surface area contributed by atoms with Gasteiger partial charge in [-0.25, -0.2) is 0 Å². The summed E-state index contributed by atoms with van der Waals surface area (Å²) < 4.78 is 0. The molecule has 5 rings (SSSR count). The topological polar surface area (TPSA) is 24.9 Å². The van der Waals surface area contributed by atoms with Gasteiger partial charge in [-0.3, -0.25) is 4.98 Å². The van der Waals surface area contributed by atoms with E-state index in [1.165, 1.54) is 59.1 Å². The van der Waals surface area contributed by atoms with E-state index in [4.69, 9.17) is 4.98 Å². The molecule has 0 spiro atoms. The molecule has 0 atom stereocenters. The van der Waals surface area contributed by atoms with Crippen LogP contribution >= 0.6 is 0 Å². The fourth-order valence-electron chi connectivity index (χ4n) is 4.10. The number of pyridine rings is 1. The molecule has 2 aliphatic carbocycles. The van der Waals surface area contributed by atoms with Gasteiger partial charge < -0.3 is 5.32 Å². The highest BCUT2D eigenvalue weighted by Gasteiger charge is 2.25. The van der Waals surface area contributed by atoms with E-state index in [9.17, 15) is 0 Å². The number of nitrogens with one attached hydrogen (secondary N) is 1. The molecule has 1 aromatic heterocycles. The Hall–Kier alpha value is -2.35. The summed E-state index contributed by atoms with van der Waals surface area (Å²) in [5, 5.41) is 5.10. The van der Waals surface area contributed by atoms with Gasteiger partial charge in [-0.05, 0) is 73.3 Å². The summed E-state index contributed by atoms with van der Waals surface area (Å²) in [6.45, 7) is 0.875. The van der Waals surface area contributed by atoms with Crippen molar-refractivity contribution >= 4 is 16.6 Å². The molecule has 1 N–H and O–H groups in total. The van der Waals surface area contributed by atoms with Gasteiger partial charge in [0.2, 0.25) is 0 Å². The van der Waals surface area contributed by atoms with Gasteiger partial charge in [0.05, 0.1) is 5.52 Å². The summed E-state index contributed by atoms with van der Waals surface area (Å²) >= 11 is 0. The molecule has 1 saturated carbocycles. The van der Waals surface area contributed by atoms with Crippen molar-refractivity contribution in [3.8, 4) is 0 Å². The summed E-state index contributed by atoms with van der Waals surface area (Å²) in [6, 6.07) is 17.6. The van der Waals surface area contributed by atoms with Crippen LogP contribution < -0.4 is 5.32 Å². The molecule has 1 fully saturated rings. The molecule has 0 bridgehead atoms. The predicted molar refractivity (Wildman–Crippen MR) is 104 cm³/mol. The molecule has 0 unspecified atom stereocenters. The Morgan fingerprint density at radius 1 is 0.960 bits per heavy atom. The van der Waals surface area contributed by atoms with E-state index < -0.39 is 0 Å². The second-order valence-corrected chi connectivity index (χ2v) is 7.51. The number of fused-ring (bicyclic) bond motifs is 2. The molecule has 2 heteroatoms. The zero-order valence-corrected chi connectivity index (χ0v) is 14.6. The molecule has 3 aromatic rings. The van der Waals surface area contributed by atoms with E-state index in [-0.39, 0.29) is 0 Å². The second-order valence-electron chi connectivity index (χ2n) is 7.51. The maximum absolute atomic E-state index is 5.01. The molecule has 0 saturated heterocycles. The molecule has 0 radical (unpaired) electrons. The number of rotatable bonds is 4. The van der Waals surface area contributed by atoms with Crippen molar-refractivity contribution in [3.05, 3.63) is 70.9 Å². The number of aryl methyl sites for hydroxylation is 1. The minimum Gasteiger partial charge on any atom is -0.380 e. The van der Waals surface area contributed by atoms with Crippen molar-refractivity contribution in [1.82, 2.24) is 4.98 Å². The van der Waals surface area contributed by atoms with Crippen molar-refractivity contribution in [2.75, 3.05) is 5.32 Å². The third-order valence-corrected chi connectivity index (χ3v) is 5.65. The fraction of sp³-hybridized carbons (Fsp3) is 0.348. The number of hydrogen-bond acceptors (Lipinski definition) is 2. The van der Waals surface area contributed by atoms with E-state index >= 15 is 0 Å². The standard InChI is InChI=1S/C23H24N2/c1-2-6-16(7-3-1)15-24-23-19-8-4-5-9-21(19)25-22-13-12-18(14-20(22)23)17-10-11-17/h1-3,6-7,12-14,17H,4-5,8-11,15H2,(H,24,25). The maximum atomic E-state index is 5.01. The third-order valence-electron chi connectivity index (χ3n) is 5.65. The first-order valence-corrected chi connectivity index (χ1v) is 9.62. The maximum Gasteiger partial charge on any atom is 0.0726 e. The van der Waals surface area contributed by atoms with Crippen LogP contribution in [0.15, 0.2) is 48.5 Å². The van der Waals surface area contributed by atoms with Crippen LogP contribution in [0.3, 0.4) is 0 Å². The zero-order chi connectivity index (χ0) is 16.6. The number of anilines is 1. The Kier molecular flexibility index (Phi) is 3.70. The first-order chi connectivity index (χ1) is 12.4. The SMILES string of the molecule is c1ccc(CNc2c3c(nc4ccc(C5CC5)cc24)CCCC3)cc1. The lowest BCUT2D eigenvalue weighted by Crippen LogP contribution is -2.11. The van der Waals surface area contributed by atoms with Gasteiger partial charge in [-0.2, -0.15) is 0 Å². The van der Waals surface area contributed by atoms with E-state index in [1.807, 2.05) is 0 Å². The molecule has 126 valence electrons. The van der Waals surface area contributed by atoms with Crippen LogP contribution in [0.5, 0.6) is 0 Å². The van der Waals surface area contributed by atoms with Crippen molar-refractivity contribution in [2.24, 2.45) is 0 Å². The lowest BCUT2D eigenvalue weighted by atomic mass is 9.92. The van der Waals surface area contributed by atoms with E-state index in [1.54, 1.807) is 0 Å². The highest BCUT2D eigenvalue weighted by Crippen LogP contribution is 2.42. The summed E-state index contributed by atoms with van der Waals surface area (Å²) in [6.07, 6.45) is 7.51. The quantitative estimate of drug-likeness (QED) is 0.674. The van der Waals surface area contributed by atoms with E-state index in [2.05, 4.69) is 53.8 Å². The third kappa shape index (κ3) is 2.90. The minimum atomic E-state index is 0.780. The van der Waals surface area contributed by atoms with Gasteiger partial charge >= 0.3 is 0 Å². The normalized spacial score (nSPS) is 16.6. The first-order valence-electron chi connectivity index (χ1n) is 9.62. The molecule has 0 aliphatic heterocycles. The minimum absolute atomic E-state index is 0.780. The Balaban J connectivity index is 1.60. The Morgan fingerprint density at radius 2 is 1.80 bits per heavy atom. The van der Waals surface area contributed by atoms with Gasteiger partial charge in [0.15, 0.2) is 0 Å². The molecular formula is C23H24N2. The van der Waals surface area contributed by atoms with Gasteiger partial charge in [0.25, 0.3) is 0 Å². The Morgan fingerprint density at radius 3 is 2.64 bits per heavy atom. The highest BCUT2D eigenvalue weighted by atomic mass is 14.9. The molecule has 1 heterocycles. The predicted octanol–water partition coefficient (Wildman–Crippen LogP) is 5.60. The van der Waals surface area contributed by atoms with Gasteiger partial charge in [0, 0.05) is 23.3 Å². The molecule has 2 aromatic carbocycles. The Bertz CT molecular complexity index is 910. The summed E-state index contributed by atoms with van der Waals surface area (Å²) in [7, 11) is 0. The fourth-order valence-corrected chi connectivity index (χ4v) is 4.10. The molecule has 2 aliphatic rings. The summed E-state index contributed by atoms with van der Waals surface area (Å²) in [5.74, 6) is 0.780.